The summed E-state index contributed by atoms with van der Waals surface area (Å²) in [4.78, 5) is 24.5. The van der Waals surface area contributed by atoms with Gasteiger partial charge in [-0.2, -0.15) is 18.7 Å². The van der Waals surface area contributed by atoms with Gasteiger partial charge >= 0.3 is 11.8 Å². The molecule has 0 unspecified atom stereocenters. The monoisotopic (exact) mass is 416 g/mol. The number of rotatable bonds is 6. The van der Waals surface area contributed by atoms with Crippen molar-refractivity contribution in [3.63, 3.8) is 0 Å². The third kappa shape index (κ3) is 4.77. The molecule has 0 bridgehead atoms. The molecular formula is C17H22F2N4O4S. The molecule has 0 N–H and O–H groups in total. The van der Waals surface area contributed by atoms with Gasteiger partial charge in [0.05, 0.1) is 18.4 Å². The first-order valence-electron chi connectivity index (χ1n) is 8.26. The van der Waals surface area contributed by atoms with Crippen molar-refractivity contribution >= 4 is 21.5 Å². The molecule has 2 rings (SSSR count). The lowest BCUT2D eigenvalue weighted by molar-refractivity contribution is 0.102. The molecule has 11 heteroatoms. The highest BCUT2D eigenvalue weighted by Gasteiger charge is 2.33. The van der Waals surface area contributed by atoms with Crippen LogP contribution in [-0.2, 0) is 10.0 Å². The topological polar surface area (TPSA) is 102 Å². The average molecular weight is 416 g/mol. The van der Waals surface area contributed by atoms with Crippen LogP contribution in [0.5, 0.6) is 6.01 Å². The number of benzene rings is 1. The van der Waals surface area contributed by atoms with Crippen LogP contribution in [0.3, 0.4) is 0 Å². The van der Waals surface area contributed by atoms with Crippen LogP contribution >= 0.6 is 0 Å². The van der Waals surface area contributed by atoms with Crippen LogP contribution in [0.2, 0.25) is 0 Å². The Morgan fingerprint density at radius 1 is 1.14 bits per heavy atom. The highest BCUT2D eigenvalue weighted by atomic mass is 32.2. The van der Waals surface area contributed by atoms with E-state index in [2.05, 4.69) is 15.0 Å². The van der Waals surface area contributed by atoms with Gasteiger partial charge in [-0.3, -0.25) is 9.10 Å². The van der Waals surface area contributed by atoms with Crippen LogP contribution in [0.25, 0.3) is 0 Å². The number of para-hydroxylation sites is 1. The summed E-state index contributed by atoms with van der Waals surface area (Å²) in [6.07, 6.45) is 0. The smallest absolute Gasteiger partial charge is 0.355 e. The van der Waals surface area contributed by atoms with Crippen LogP contribution in [0.1, 0.15) is 41.4 Å². The van der Waals surface area contributed by atoms with Gasteiger partial charge in [0, 0.05) is 7.05 Å². The number of alkyl halides is 2. The number of ether oxygens (including phenoxy) is 1. The maximum Gasteiger partial charge on any atom is 0.355 e. The highest BCUT2D eigenvalue weighted by Crippen LogP contribution is 2.29. The second-order valence-electron chi connectivity index (χ2n) is 5.27. The van der Waals surface area contributed by atoms with Crippen molar-refractivity contribution in [1.82, 2.24) is 15.0 Å². The maximum absolute atomic E-state index is 12.9. The Morgan fingerprint density at radius 3 is 2.29 bits per heavy atom. The van der Waals surface area contributed by atoms with Gasteiger partial charge in [0.1, 0.15) is 5.82 Å². The van der Waals surface area contributed by atoms with Crippen LogP contribution in [0, 0.1) is 13.8 Å². The highest BCUT2D eigenvalue weighted by molar-refractivity contribution is 7.93. The van der Waals surface area contributed by atoms with Gasteiger partial charge in [-0.05, 0) is 25.5 Å². The molecule has 0 fully saturated rings. The van der Waals surface area contributed by atoms with Gasteiger partial charge in [-0.1, -0.05) is 26.0 Å². The van der Waals surface area contributed by atoms with E-state index in [1.807, 2.05) is 13.8 Å². The first kappa shape index (κ1) is 23.3. The molecule has 0 radical (unpaired) electrons. The number of methoxy groups -OCH3 is 1. The SMILES string of the molecule is CC.COc1nc(C)nc(C(=O)c2cccc(C)c2N(C)S(=O)(=O)C(F)F)n1. The van der Waals surface area contributed by atoms with Gasteiger partial charge in [0.25, 0.3) is 10.0 Å². The molecule has 154 valence electrons. The maximum atomic E-state index is 12.9. The van der Waals surface area contributed by atoms with Crippen LogP contribution < -0.4 is 9.04 Å². The quantitative estimate of drug-likeness (QED) is 0.667. The molecule has 0 aliphatic heterocycles. The summed E-state index contributed by atoms with van der Waals surface area (Å²) in [5.41, 5.74) is 0.0135. The molecule has 1 heterocycles. The third-order valence-electron chi connectivity index (χ3n) is 3.52. The second-order valence-corrected chi connectivity index (χ2v) is 7.20. The number of carbonyl (C=O) groups excluding carboxylic acids is 1. The van der Waals surface area contributed by atoms with Gasteiger partial charge in [-0.15, -0.1) is 0 Å². The number of anilines is 1. The Balaban J connectivity index is 0.00000190. The molecule has 8 nitrogen and oxygen atoms in total. The molecule has 2 aromatic rings. The molecule has 28 heavy (non-hydrogen) atoms. The van der Waals surface area contributed by atoms with Crippen LogP contribution in [-0.4, -0.2) is 49.1 Å². The van der Waals surface area contributed by atoms with Crippen LogP contribution in [0.15, 0.2) is 18.2 Å². The molecule has 0 aliphatic rings. The molecule has 0 atom stereocenters. The summed E-state index contributed by atoms with van der Waals surface area (Å²) < 4.78 is 54.8. The number of nitrogens with zero attached hydrogens (tertiary/aromatic N) is 4. The van der Waals surface area contributed by atoms with Crippen molar-refractivity contribution in [2.24, 2.45) is 0 Å². The fourth-order valence-corrected chi connectivity index (χ4v) is 3.01. The zero-order valence-corrected chi connectivity index (χ0v) is 17.2. The number of aromatic nitrogens is 3. The number of sulfonamides is 1. The summed E-state index contributed by atoms with van der Waals surface area (Å²) in [5, 5.41) is 0. The molecule has 1 aromatic heterocycles. The van der Waals surface area contributed by atoms with E-state index in [1.165, 1.54) is 39.2 Å². The Morgan fingerprint density at radius 2 is 1.75 bits per heavy atom. The Bertz CT molecular complexity index is 952. The number of halogens is 2. The van der Waals surface area contributed by atoms with E-state index in [4.69, 9.17) is 4.74 Å². The van der Waals surface area contributed by atoms with Crippen molar-refractivity contribution in [2.75, 3.05) is 18.5 Å². The first-order valence-corrected chi connectivity index (χ1v) is 9.76. The predicted octanol–water partition coefficient (Wildman–Crippen LogP) is 2.74. The normalized spacial score (nSPS) is 10.9. The van der Waals surface area contributed by atoms with Gasteiger partial charge in [0.15, 0.2) is 0 Å². The lowest BCUT2D eigenvalue weighted by Gasteiger charge is -2.23. The zero-order chi connectivity index (χ0) is 21.6. The van der Waals surface area contributed by atoms with E-state index < -0.39 is 21.6 Å². The second kappa shape index (κ2) is 9.49. The van der Waals surface area contributed by atoms with E-state index in [9.17, 15) is 22.0 Å². The molecule has 0 aliphatic carbocycles. The molecular weight excluding hydrogens is 394 g/mol. The summed E-state index contributed by atoms with van der Waals surface area (Å²) >= 11 is 0. The van der Waals surface area contributed by atoms with E-state index in [-0.39, 0.29) is 28.9 Å². The number of aryl methyl sites for hydroxylation is 2. The fourth-order valence-electron chi connectivity index (χ4n) is 2.28. The lowest BCUT2D eigenvalue weighted by atomic mass is 10.0. The predicted molar refractivity (Wildman–Crippen MR) is 100 cm³/mol. The number of hydrogen-bond donors (Lipinski definition) is 0. The van der Waals surface area contributed by atoms with E-state index in [0.29, 0.717) is 9.87 Å². The minimum absolute atomic E-state index is 0.0939. The number of carbonyl (C=O) groups is 1. The Hall–Kier alpha value is -2.69. The van der Waals surface area contributed by atoms with Gasteiger partial charge < -0.3 is 4.74 Å². The van der Waals surface area contributed by atoms with Crippen molar-refractivity contribution < 1.29 is 26.7 Å². The lowest BCUT2D eigenvalue weighted by Crippen LogP contribution is -2.33. The van der Waals surface area contributed by atoms with Gasteiger partial charge in [0.2, 0.25) is 11.6 Å². The van der Waals surface area contributed by atoms with Gasteiger partial charge in [-0.25, -0.2) is 13.4 Å². The molecule has 0 saturated heterocycles. The minimum Gasteiger partial charge on any atom is -0.467 e. The Labute approximate surface area is 162 Å². The first-order chi connectivity index (χ1) is 13.1. The van der Waals surface area contributed by atoms with Crippen molar-refractivity contribution in [3.05, 3.63) is 41.0 Å². The summed E-state index contributed by atoms with van der Waals surface area (Å²) in [6.45, 7) is 7.02. The third-order valence-corrected chi connectivity index (χ3v) is 4.91. The fraction of sp³-hybridized carbons (Fsp3) is 0.412. The summed E-state index contributed by atoms with van der Waals surface area (Å²) in [6, 6.07) is 4.22. The molecule has 1 aromatic carbocycles. The summed E-state index contributed by atoms with van der Waals surface area (Å²) in [5.74, 6) is -4.45. The van der Waals surface area contributed by atoms with Crippen molar-refractivity contribution in [1.29, 1.82) is 0 Å². The van der Waals surface area contributed by atoms with Crippen molar-refractivity contribution in [2.45, 2.75) is 33.5 Å². The standard InChI is InChI=1S/C15H16F2N4O4S.C2H6/c1-8-6-5-7-10(11(8)21(3)26(23,24)14(16)17)12(22)13-18-9(2)19-15(20-13)25-4;1-2/h5-7,14H,1-4H3;1-2H3. The largest absolute Gasteiger partial charge is 0.467 e. The molecule has 0 saturated carbocycles. The zero-order valence-electron chi connectivity index (χ0n) is 16.4. The number of ketones is 1. The number of hydrogen-bond acceptors (Lipinski definition) is 7. The van der Waals surface area contributed by atoms with E-state index in [1.54, 1.807) is 0 Å². The van der Waals surface area contributed by atoms with E-state index in [0.717, 1.165) is 7.05 Å². The molecule has 0 spiro atoms. The van der Waals surface area contributed by atoms with Crippen molar-refractivity contribution in [3.8, 4) is 6.01 Å². The molecule has 0 amide bonds. The summed E-state index contributed by atoms with van der Waals surface area (Å²) in [7, 11) is -2.67. The Kier molecular flexibility index (Phi) is 7.91. The van der Waals surface area contributed by atoms with Crippen LogP contribution in [0.4, 0.5) is 14.5 Å². The van der Waals surface area contributed by atoms with E-state index >= 15 is 0 Å². The average Bonchev–Trinajstić information content (AvgIpc) is 2.67. The minimum atomic E-state index is -4.94.